The summed E-state index contributed by atoms with van der Waals surface area (Å²) in [7, 11) is 0. The lowest BCUT2D eigenvalue weighted by atomic mass is 10.1. The molecule has 0 aliphatic carbocycles. The molecule has 116 valence electrons. The van der Waals surface area contributed by atoms with Crippen LogP contribution in [-0.2, 0) is 4.74 Å². The van der Waals surface area contributed by atoms with Crippen LogP contribution in [-0.4, -0.2) is 53.3 Å². The van der Waals surface area contributed by atoms with Gasteiger partial charge in [-0.25, -0.2) is 9.97 Å². The molecule has 0 spiro atoms. The molecule has 2 fully saturated rings. The fourth-order valence-electron chi connectivity index (χ4n) is 3.27. The van der Waals surface area contributed by atoms with Gasteiger partial charge in [-0.1, -0.05) is 30.3 Å². The highest BCUT2D eigenvalue weighted by Crippen LogP contribution is 2.27. The van der Waals surface area contributed by atoms with Gasteiger partial charge in [-0.2, -0.15) is 5.26 Å². The Labute approximate surface area is 134 Å². The van der Waals surface area contributed by atoms with Gasteiger partial charge in [-0.05, 0) is 6.07 Å². The lowest BCUT2D eigenvalue weighted by molar-refractivity contribution is 0.0319. The van der Waals surface area contributed by atoms with Crippen LogP contribution >= 0.6 is 0 Å². The topological polar surface area (TPSA) is 65.3 Å². The van der Waals surface area contributed by atoms with Crippen molar-refractivity contribution < 1.29 is 4.74 Å². The monoisotopic (exact) mass is 307 g/mol. The standard InChI is InChI=1S/C17H17N5O/c18-12-21-10-15-16(11-21)23-9-8-22(15)17-19-7-6-14(20-17)13-4-2-1-3-5-13/h1-7,15-16H,8-11H2. The Hall–Kier alpha value is -2.65. The van der Waals surface area contributed by atoms with Gasteiger partial charge in [0.05, 0.1) is 37.5 Å². The number of hydrogen-bond donors (Lipinski definition) is 0. The number of likely N-dealkylation sites (tertiary alicyclic amines) is 1. The van der Waals surface area contributed by atoms with Gasteiger partial charge in [-0.15, -0.1) is 0 Å². The Morgan fingerprint density at radius 3 is 2.87 bits per heavy atom. The molecule has 23 heavy (non-hydrogen) atoms. The van der Waals surface area contributed by atoms with Crippen molar-refractivity contribution in [3.05, 3.63) is 42.6 Å². The summed E-state index contributed by atoms with van der Waals surface area (Å²) in [5, 5.41) is 9.13. The van der Waals surface area contributed by atoms with Crippen LogP contribution in [0.2, 0.25) is 0 Å². The number of aromatic nitrogens is 2. The molecule has 1 aromatic carbocycles. The molecule has 6 nitrogen and oxygen atoms in total. The Bertz CT molecular complexity index is 729. The van der Waals surface area contributed by atoms with Gasteiger partial charge in [0.25, 0.3) is 0 Å². The van der Waals surface area contributed by atoms with Gasteiger partial charge in [0.1, 0.15) is 0 Å². The van der Waals surface area contributed by atoms with Crippen LogP contribution in [0.4, 0.5) is 5.95 Å². The quantitative estimate of drug-likeness (QED) is 0.784. The van der Waals surface area contributed by atoms with Crippen LogP contribution in [0.3, 0.4) is 0 Å². The molecule has 2 aliphatic rings. The summed E-state index contributed by atoms with van der Waals surface area (Å²) >= 11 is 0. The number of benzene rings is 1. The third-order valence-corrected chi connectivity index (χ3v) is 4.41. The van der Waals surface area contributed by atoms with Crippen LogP contribution in [0.25, 0.3) is 11.3 Å². The van der Waals surface area contributed by atoms with Crippen molar-refractivity contribution in [2.75, 3.05) is 31.1 Å². The third-order valence-electron chi connectivity index (χ3n) is 4.41. The van der Waals surface area contributed by atoms with E-state index in [1.165, 1.54) is 0 Å². The Kier molecular flexibility index (Phi) is 3.56. The number of morpholine rings is 1. The number of fused-ring (bicyclic) bond motifs is 1. The van der Waals surface area contributed by atoms with E-state index in [1.807, 2.05) is 36.4 Å². The van der Waals surface area contributed by atoms with Gasteiger partial charge < -0.3 is 14.5 Å². The lowest BCUT2D eigenvalue weighted by Gasteiger charge is -2.36. The van der Waals surface area contributed by atoms with E-state index in [9.17, 15) is 0 Å². The molecule has 2 unspecified atom stereocenters. The zero-order chi connectivity index (χ0) is 15.6. The molecule has 2 aliphatic heterocycles. The van der Waals surface area contributed by atoms with Gasteiger partial charge >= 0.3 is 0 Å². The molecule has 0 amide bonds. The third kappa shape index (κ3) is 2.60. The first-order valence-corrected chi connectivity index (χ1v) is 7.76. The van der Waals surface area contributed by atoms with E-state index in [0.29, 0.717) is 25.6 Å². The molecule has 3 heterocycles. The minimum Gasteiger partial charge on any atom is -0.372 e. The largest absolute Gasteiger partial charge is 0.372 e. The summed E-state index contributed by atoms with van der Waals surface area (Å²) in [5.41, 5.74) is 1.99. The Balaban J connectivity index is 1.64. The first-order valence-electron chi connectivity index (χ1n) is 7.76. The van der Waals surface area contributed by atoms with Crippen molar-refractivity contribution in [2.45, 2.75) is 12.1 Å². The normalized spacial score (nSPS) is 23.4. The van der Waals surface area contributed by atoms with E-state index in [1.54, 1.807) is 11.1 Å². The van der Waals surface area contributed by atoms with Crippen molar-refractivity contribution in [2.24, 2.45) is 0 Å². The molecule has 2 saturated heterocycles. The number of nitriles is 1. The van der Waals surface area contributed by atoms with Crippen LogP contribution in [0, 0.1) is 11.5 Å². The molecular formula is C17H17N5O. The maximum absolute atomic E-state index is 9.13. The molecule has 4 rings (SSSR count). The van der Waals surface area contributed by atoms with E-state index in [2.05, 4.69) is 16.1 Å². The predicted octanol–water partition coefficient (Wildman–Crippen LogP) is 1.51. The maximum atomic E-state index is 9.13. The Morgan fingerprint density at radius 2 is 2.04 bits per heavy atom. The van der Waals surface area contributed by atoms with Crippen molar-refractivity contribution in [1.29, 1.82) is 5.26 Å². The van der Waals surface area contributed by atoms with Crippen molar-refractivity contribution >= 4 is 5.95 Å². The second-order valence-electron chi connectivity index (χ2n) is 5.78. The summed E-state index contributed by atoms with van der Waals surface area (Å²) in [5.74, 6) is 0.712. The number of ether oxygens (including phenoxy) is 1. The van der Waals surface area contributed by atoms with Gasteiger partial charge in [0, 0.05) is 18.3 Å². The highest BCUT2D eigenvalue weighted by atomic mass is 16.5. The summed E-state index contributed by atoms with van der Waals surface area (Å²) < 4.78 is 5.81. The molecule has 0 bridgehead atoms. The minimum absolute atomic E-state index is 0.0485. The molecule has 2 atom stereocenters. The summed E-state index contributed by atoms with van der Waals surface area (Å²) in [4.78, 5) is 13.1. The molecule has 0 radical (unpaired) electrons. The first-order chi connectivity index (χ1) is 11.3. The van der Waals surface area contributed by atoms with Crippen LogP contribution in [0.15, 0.2) is 42.6 Å². The molecule has 6 heteroatoms. The highest BCUT2D eigenvalue weighted by Gasteiger charge is 2.41. The number of anilines is 1. The second kappa shape index (κ2) is 5.86. The van der Waals surface area contributed by atoms with Crippen LogP contribution in [0.1, 0.15) is 0 Å². The predicted molar refractivity (Wildman–Crippen MR) is 85.5 cm³/mol. The van der Waals surface area contributed by atoms with E-state index < -0.39 is 0 Å². The van der Waals surface area contributed by atoms with Crippen molar-refractivity contribution in [3.8, 4) is 17.5 Å². The van der Waals surface area contributed by atoms with E-state index in [0.717, 1.165) is 17.8 Å². The molecule has 0 N–H and O–H groups in total. The van der Waals surface area contributed by atoms with E-state index in [-0.39, 0.29) is 12.1 Å². The second-order valence-corrected chi connectivity index (χ2v) is 5.78. The number of hydrogen-bond acceptors (Lipinski definition) is 6. The van der Waals surface area contributed by atoms with E-state index >= 15 is 0 Å². The lowest BCUT2D eigenvalue weighted by Crippen LogP contribution is -2.51. The van der Waals surface area contributed by atoms with Gasteiger partial charge in [-0.3, -0.25) is 0 Å². The number of rotatable bonds is 2. The average molecular weight is 307 g/mol. The summed E-state index contributed by atoms with van der Waals surface area (Å²) in [6, 6.07) is 12.1. The zero-order valence-corrected chi connectivity index (χ0v) is 12.7. The zero-order valence-electron chi connectivity index (χ0n) is 12.7. The van der Waals surface area contributed by atoms with Crippen molar-refractivity contribution in [1.82, 2.24) is 14.9 Å². The van der Waals surface area contributed by atoms with Crippen LogP contribution < -0.4 is 4.90 Å². The van der Waals surface area contributed by atoms with Gasteiger partial charge in [0.2, 0.25) is 5.95 Å². The van der Waals surface area contributed by atoms with Gasteiger partial charge in [0.15, 0.2) is 6.19 Å². The highest BCUT2D eigenvalue weighted by molar-refractivity contribution is 5.60. The van der Waals surface area contributed by atoms with Crippen molar-refractivity contribution in [3.63, 3.8) is 0 Å². The van der Waals surface area contributed by atoms with E-state index in [4.69, 9.17) is 15.0 Å². The molecule has 1 aromatic heterocycles. The minimum atomic E-state index is 0.0485. The molecular weight excluding hydrogens is 290 g/mol. The smallest absolute Gasteiger partial charge is 0.226 e. The SMILES string of the molecule is N#CN1CC2OCCN(c3nccc(-c4ccccc4)n3)C2C1. The van der Waals surface area contributed by atoms with Crippen LogP contribution in [0.5, 0.6) is 0 Å². The first kappa shape index (κ1) is 14.0. The Morgan fingerprint density at radius 1 is 1.17 bits per heavy atom. The molecule has 0 saturated carbocycles. The maximum Gasteiger partial charge on any atom is 0.226 e. The molecule has 2 aromatic rings. The fourth-order valence-corrected chi connectivity index (χ4v) is 3.27. The fraction of sp³-hybridized carbons (Fsp3) is 0.353. The average Bonchev–Trinajstić information content (AvgIpc) is 3.06. The summed E-state index contributed by atoms with van der Waals surface area (Å²) in [6.07, 6.45) is 4.06. The summed E-state index contributed by atoms with van der Waals surface area (Å²) in [6.45, 7) is 2.70. The number of nitrogens with zero attached hydrogens (tertiary/aromatic N) is 5.